The normalized spacial score (nSPS) is 17.1. The monoisotopic (exact) mass is 1220 g/mol. The molecule has 3 fully saturated rings. The van der Waals surface area contributed by atoms with E-state index in [1.54, 1.807) is 78.0 Å². The average molecular weight is 1220 g/mol. The van der Waals surface area contributed by atoms with Crippen LogP contribution >= 0.6 is 11.6 Å². The van der Waals surface area contributed by atoms with E-state index >= 15 is 0 Å². The molecule has 3 aliphatic heterocycles. The van der Waals surface area contributed by atoms with Crippen molar-refractivity contribution >= 4 is 40.7 Å². The van der Waals surface area contributed by atoms with Crippen molar-refractivity contribution in [2.45, 2.75) is 111 Å². The van der Waals surface area contributed by atoms with Crippen LogP contribution in [-0.2, 0) is 28.7 Å². The molecule has 0 spiro atoms. The summed E-state index contributed by atoms with van der Waals surface area (Å²) in [5.74, 6) is 0.883. The number of pyridine rings is 3. The molecule has 2 amide bonds. The molecular formula is C63H67ClF3N17O4. The smallest absolute Gasteiger partial charge is 0.410 e. The number of amides is 2. The third-order valence-electron chi connectivity index (χ3n) is 14.9. The first-order chi connectivity index (χ1) is 42.1. The van der Waals surface area contributed by atoms with E-state index < -0.39 is 17.0 Å². The summed E-state index contributed by atoms with van der Waals surface area (Å²) >= 11 is 6.28. The van der Waals surface area contributed by atoms with Gasteiger partial charge in [-0.25, -0.2) is 67.6 Å². The molecule has 25 heteroatoms. The topological polar surface area (TPSA) is 248 Å². The molecule has 0 aliphatic carbocycles. The van der Waals surface area contributed by atoms with Gasteiger partial charge in [-0.15, -0.1) is 0 Å². The zero-order valence-corrected chi connectivity index (χ0v) is 50.6. The SMILES string of the molecule is CC(C)(C)OC(=O)N1CCC[C@@H](Cc2cc(C#N)nc(-c3cnc4ccc(F)cn34)n2)C1.CC(C)(C)OC(=O)N1CCC[C@@H](Cc2cc(Cl)nc(-c3cnc4ccc(F)cn34)n2)C1.N#Cc1cc(C[C@@H]2CCCNC2)nc(-c2cnc3ccc(F)cn23)n1. The van der Waals surface area contributed by atoms with Crippen molar-refractivity contribution in [2.75, 3.05) is 39.3 Å². The molecule has 456 valence electrons. The average Bonchev–Trinajstić information content (AvgIpc) is 2.22. The van der Waals surface area contributed by atoms with E-state index in [1.807, 2.05) is 41.5 Å². The fourth-order valence-corrected chi connectivity index (χ4v) is 11.2. The molecule has 0 bridgehead atoms. The Kier molecular flexibility index (Phi) is 18.9. The van der Waals surface area contributed by atoms with Crippen LogP contribution in [0.25, 0.3) is 51.5 Å². The number of rotatable bonds is 9. The molecule has 3 saturated heterocycles. The van der Waals surface area contributed by atoms with Gasteiger partial charge in [-0.3, -0.25) is 13.2 Å². The lowest BCUT2D eigenvalue weighted by molar-refractivity contribution is 0.0156. The first-order valence-electron chi connectivity index (χ1n) is 29.3. The summed E-state index contributed by atoms with van der Waals surface area (Å²) in [5.41, 5.74) is 5.23. The molecule has 12 heterocycles. The molecule has 0 saturated carbocycles. The van der Waals surface area contributed by atoms with Gasteiger partial charge in [-0.05, 0) is 185 Å². The van der Waals surface area contributed by atoms with Gasteiger partial charge in [-0.2, -0.15) is 10.5 Å². The number of nitrogens with one attached hydrogen (secondary N) is 1. The molecule has 1 N–H and O–H groups in total. The van der Waals surface area contributed by atoms with Gasteiger partial charge in [0.1, 0.15) is 91.4 Å². The minimum atomic E-state index is -0.541. The zero-order valence-electron chi connectivity index (χ0n) is 49.8. The lowest BCUT2D eigenvalue weighted by Crippen LogP contribution is -2.43. The molecule has 3 atom stereocenters. The highest BCUT2D eigenvalue weighted by atomic mass is 35.5. The number of hydrogen-bond donors (Lipinski definition) is 1. The Hall–Kier alpha value is -9.13. The van der Waals surface area contributed by atoms with Crippen molar-refractivity contribution in [3.05, 3.63) is 143 Å². The number of nitriles is 2. The summed E-state index contributed by atoms with van der Waals surface area (Å²) < 4.78 is 56.9. The van der Waals surface area contributed by atoms with Crippen molar-refractivity contribution in [1.29, 1.82) is 10.5 Å². The van der Waals surface area contributed by atoms with E-state index in [0.29, 0.717) is 113 Å². The van der Waals surface area contributed by atoms with Crippen LogP contribution in [0.4, 0.5) is 22.8 Å². The Morgan fingerprint density at radius 2 is 0.955 bits per heavy atom. The first-order valence-corrected chi connectivity index (χ1v) is 29.7. The number of imidazole rings is 3. The van der Waals surface area contributed by atoms with Crippen LogP contribution in [-0.4, -0.2) is 131 Å². The second-order valence-electron chi connectivity index (χ2n) is 24.2. The van der Waals surface area contributed by atoms with Gasteiger partial charge < -0.3 is 24.6 Å². The molecule has 0 radical (unpaired) electrons. The summed E-state index contributed by atoms with van der Waals surface area (Å²) in [4.78, 5) is 68.1. The lowest BCUT2D eigenvalue weighted by Gasteiger charge is -2.34. The second kappa shape index (κ2) is 26.9. The Morgan fingerprint density at radius 1 is 0.568 bits per heavy atom. The quantitative estimate of drug-likeness (QED) is 0.132. The molecule has 88 heavy (non-hydrogen) atoms. The number of hydrogen-bond acceptors (Lipinski definition) is 16. The van der Waals surface area contributed by atoms with Crippen LogP contribution in [0.2, 0.25) is 5.15 Å². The fourth-order valence-electron chi connectivity index (χ4n) is 11.0. The number of carbonyl (C=O) groups is 2. The molecule has 0 aromatic carbocycles. The number of fused-ring (bicyclic) bond motifs is 3. The van der Waals surface area contributed by atoms with Gasteiger partial charge in [-0.1, -0.05) is 11.6 Å². The molecule has 21 nitrogen and oxygen atoms in total. The van der Waals surface area contributed by atoms with Crippen molar-refractivity contribution in [1.82, 2.24) is 73.2 Å². The van der Waals surface area contributed by atoms with E-state index in [2.05, 4.69) is 62.3 Å². The van der Waals surface area contributed by atoms with Crippen LogP contribution in [0, 0.1) is 57.9 Å². The highest BCUT2D eigenvalue weighted by molar-refractivity contribution is 6.29. The number of piperidine rings is 3. The van der Waals surface area contributed by atoms with Gasteiger partial charge >= 0.3 is 12.2 Å². The largest absolute Gasteiger partial charge is 0.444 e. The van der Waals surface area contributed by atoms with Crippen LogP contribution in [0.15, 0.2) is 91.8 Å². The predicted molar refractivity (Wildman–Crippen MR) is 321 cm³/mol. The highest BCUT2D eigenvalue weighted by Crippen LogP contribution is 2.29. The summed E-state index contributed by atoms with van der Waals surface area (Å²) in [5, 5.41) is 22.5. The number of carbonyl (C=O) groups excluding carboxylic acids is 2. The van der Waals surface area contributed by atoms with Crippen molar-refractivity contribution in [3.63, 3.8) is 0 Å². The number of nitrogens with zero attached hydrogens (tertiary/aromatic N) is 16. The van der Waals surface area contributed by atoms with E-state index in [9.17, 15) is 33.3 Å². The molecule has 3 aliphatic rings. The second-order valence-corrected chi connectivity index (χ2v) is 24.6. The zero-order chi connectivity index (χ0) is 62.3. The van der Waals surface area contributed by atoms with Crippen LogP contribution < -0.4 is 5.32 Å². The van der Waals surface area contributed by atoms with Crippen molar-refractivity contribution < 1.29 is 32.2 Å². The fraction of sp³-hybridized carbons (Fsp3) is 0.413. The van der Waals surface area contributed by atoms with Crippen LogP contribution in [0.3, 0.4) is 0 Å². The van der Waals surface area contributed by atoms with Gasteiger partial charge in [0.15, 0.2) is 17.5 Å². The Morgan fingerprint density at radius 3 is 1.34 bits per heavy atom. The maximum absolute atomic E-state index is 13.8. The lowest BCUT2D eigenvalue weighted by atomic mass is 9.93. The molecule has 0 unspecified atom stereocenters. The number of likely N-dealkylation sites (tertiary alicyclic amines) is 2. The number of ether oxygens (including phenoxy) is 2. The summed E-state index contributed by atoms with van der Waals surface area (Å²) in [6, 6.07) is 18.1. The minimum Gasteiger partial charge on any atom is -0.444 e. The maximum Gasteiger partial charge on any atom is 0.410 e. The number of halogens is 4. The van der Waals surface area contributed by atoms with Crippen LogP contribution in [0.1, 0.15) is 109 Å². The van der Waals surface area contributed by atoms with E-state index in [1.165, 1.54) is 36.8 Å². The summed E-state index contributed by atoms with van der Waals surface area (Å²) in [6.45, 7) is 15.7. The van der Waals surface area contributed by atoms with Gasteiger partial charge in [0.05, 0.1) is 18.6 Å². The van der Waals surface area contributed by atoms with Crippen molar-refractivity contribution in [3.8, 4) is 46.7 Å². The summed E-state index contributed by atoms with van der Waals surface area (Å²) in [6.07, 6.45) is 16.3. The minimum absolute atomic E-state index is 0.185. The summed E-state index contributed by atoms with van der Waals surface area (Å²) in [7, 11) is 0. The molecular weight excluding hydrogens is 1150 g/mol. The molecule has 9 aromatic heterocycles. The number of aromatic nitrogens is 12. The Labute approximate surface area is 511 Å². The first kappa shape index (κ1) is 61.9. The third kappa shape index (κ3) is 15.9. The molecule has 12 rings (SSSR count). The third-order valence-corrected chi connectivity index (χ3v) is 15.1. The van der Waals surface area contributed by atoms with Gasteiger partial charge in [0.2, 0.25) is 0 Å². The Bertz CT molecular complexity index is 4080. The maximum atomic E-state index is 13.8. The van der Waals surface area contributed by atoms with E-state index in [0.717, 1.165) is 69.4 Å². The predicted octanol–water partition coefficient (Wildman–Crippen LogP) is 11.1. The van der Waals surface area contributed by atoms with Gasteiger partial charge in [0, 0.05) is 61.9 Å². The highest BCUT2D eigenvalue weighted by Gasteiger charge is 2.30. The van der Waals surface area contributed by atoms with E-state index in [-0.39, 0.29) is 41.4 Å². The van der Waals surface area contributed by atoms with Gasteiger partial charge in [0.25, 0.3) is 0 Å². The molecule has 9 aromatic rings. The van der Waals surface area contributed by atoms with E-state index in [4.69, 9.17) is 21.1 Å². The Balaban J connectivity index is 0.000000147. The van der Waals surface area contributed by atoms with Crippen molar-refractivity contribution in [2.24, 2.45) is 17.8 Å². The standard InChI is InChI=1S/C23H25FN6O2.C22H25ClFN5O2.C18H17FN6/c1-23(2,3)32-22(31)29-8-4-5-15(13-29)9-17-10-18(11-25)28-21(27-17)19-12-26-20-7-6-16(24)14-30(19)20;1-22(2,3)31-21(30)28-8-4-5-14(12-28)9-16-10-18(23)27-20(26-16)17-11-25-19-7-6-15(24)13-29(17)19;19-13-3-4-17-22-10-16(25(17)11-13)18-23-14(7-15(8-20)24-18)6-12-2-1-5-21-9-12/h6-7,10,12,14-15H,4-5,8-9,13H2,1-3H3;6-7,10-11,13-14H,4-5,8-9,12H2,1-3H3;3-4,7,10-12,21H,1-2,5-6,9H2/t15-;14-;12-/m000/s1. The van der Waals surface area contributed by atoms with Crippen LogP contribution in [0.5, 0.6) is 0 Å².